The molecule has 0 aliphatic heterocycles. The molecule has 1 unspecified atom stereocenters. The van der Waals surface area contributed by atoms with Crippen molar-refractivity contribution >= 4 is 12.0 Å². The van der Waals surface area contributed by atoms with E-state index in [-0.39, 0.29) is 6.42 Å². The van der Waals surface area contributed by atoms with Crippen molar-refractivity contribution in [1.82, 2.24) is 10.6 Å². The Morgan fingerprint density at radius 1 is 1.32 bits per heavy atom. The van der Waals surface area contributed by atoms with Crippen LogP contribution in [0, 0.1) is 5.92 Å². The van der Waals surface area contributed by atoms with Gasteiger partial charge in [-0.3, -0.25) is 0 Å². The molecule has 19 heavy (non-hydrogen) atoms. The minimum absolute atomic E-state index is 0.228. The van der Waals surface area contributed by atoms with Gasteiger partial charge in [-0.2, -0.15) is 0 Å². The molecular formula is C14H24N2O3. The molecule has 2 amide bonds. The Labute approximate surface area is 114 Å². The van der Waals surface area contributed by atoms with Gasteiger partial charge in [0, 0.05) is 6.54 Å². The van der Waals surface area contributed by atoms with Crippen LogP contribution in [0.25, 0.3) is 0 Å². The molecule has 1 aliphatic carbocycles. The van der Waals surface area contributed by atoms with Crippen LogP contribution in [0.5, 0.6) is 0 Å². The maximum atomic E-state index is 11.6. The lowest BCUT2D eigenvalue weighted by atomic mass is 9.87. The smallest absolute Gasteiger partial charge is 0.326 e. The van der Waals surface area contributed by atoms with Crippen molar-refractivity contribution in [1.29, 1.82) is 0 Å². The molecule has 1 fully saturated rings. The van der Waals surface area contributed by atoms with Crippen LogP contribution in [-0.4, -0.2) is 29.7 Å². The normalized spacial score (nSPS) is 17.5. The molecule has 0 aromatic rings. The number of urea groups is 1. The third-order valence-electron chi connectivity index (χ3n) is 3.57. The predicted octanol–water partition coefficient (Wildman–Crippen LogP) is 2.29. The molecule has 1 saturated carbocycles. The third-order valence-corrected chi connectivity index (χ3v) is 3.57. The van der Waals surface area contributed by atoms with Crippen LogP contribution in [0.2, 0.25) is 0 Å². The van der Waals surface area contributed by atoms with Crippen LogP contribution < -0.4 is 10.6 Å². The van der Waals surface area contributed by atoms with E-state index in [1.807, 2.05) is 0 Å². The average Bonchev–Trinajstić information content (AvgIpc) is 2.39. The quantitative estimate of drug-likeness (QED) is 0.620. The van der Waals surface area contributed by atoms with E-state index in [2.05, 4.69) is 17.2 Å². The Bertz CT molecular complexity index is 312. The van der Waals surface area contributed by atoms with Crippen LogP contribution >= 0.6 is 0 Å². The Morgan fingerprint density at radius 3 is 2.58 bits per heavy atom. The summed E-state index contributed by atoms with van der Waals surface area (Å²) in [6, 6.07) is -1.31. The van der Waals surface area contributed by atoms with Crippen molar-refractivity contribution in [2.45, 2.75) is 51.0 Å². The van der Waals surface area contributed by atoms with Crippen molar-refractivity contribution in [2.75, 3.05) is 6.54 Å². The number of carbonyl (C=O) groups excluding carboxylic acids is 1. The van der Waals surface area contributed by atoms with Gasteiger partial charge in [-0.1, -0.05) is 38.2 Å². The highest BCUT2D eigenvalue weighted by molar-refractivity contribution is 5.82. The van der Waals surface area contributed by atoms with Crippen LogP contribution in [0.4, 0.5) is 4.79 Å². The fourth-order valence-electron chi connectivity index (χ4n) is 2.46. The summed E-state index contributed by atoms with van der Waals surface area (Å²) in [5, 5.41) is 14.1. The predicted molar refractivity (Wildman–Crippen MR) is 74.0 cm³/mol. The highest BCUT2D eigenvalue weighted by atomic mass is 16.4. The molecule has 5 heteroatoms. The zero-order valence-corrected chi connectivity index (χ0v) is 11.4. The molecule has 1 rings (SSSR count). The third kappa shape index (κ3) is 6.27. The second-order valence-electron chi connectivity index (χ2n) is 5.11. The van der Waals surface area contributed by atoms with Gasteiger partial charge in [0.25, 0.3) is 0 Å². The number of nitrogens with one attached hydrogen (secondary N) is 2. The highest BCUT2D eigenvalue weighted by Crippen LogP contribution is 2.25. The lowest BCUT2D eigenvalue weighted by molar-refractivity contribution is -0.139. The summed E-state index contributed by atoms with van der Waals surface area (Å²) in [5.74, 6) is -0.333. The number of hydrogen-bond acceptors (Lipinski definition) is 2. The molecule has 0 bridgehead atoms. The highest BCUT2D eigenvalue weighted by Gasteiger charge is 2.18. The molecular weight excluding hydrogens is 244 g/mol. The van der Waals surface area contributed by atoms with Crippen LogP contribution in [0.15, 0.2) is 12.7 Å². The zero-order valence-electron chi connectivity index (χ0n) is 11.4. The maximum absolute atomic E-state index is 11.6. The molecule has 0 saturated heterocycles. The van der Waals surface area contributed by atoms with Gasteiger partial charge < -0.3 is 15.7 Å². The number of rotatable bonds is 7. The monoisotopic (exact) mass is 268 g/mol. The first-order valence-corrected chi connectivity index (χ1v) is 7.01. The molecule has 1 atom stereocenters. The SMILES string of the molecule is C=CCC(NC(=O)NCCC1CCCCC1)C(=O)O. The standard InChI is InChI=1S/C14H24N2O3/c1-2-6-12(13(17)18)16-14(19)15-10-9-11-7-4-3-5-8-11/h2,11-12H,1,3-10H2,(H,17,18)(H2,15,16,19). The number of amides is 2. The molecule has 5 nitrogen and oxygen atoms in total. The van der Waals surface area contributed by atoms with Gasteiger partial charge in [0.1, 0.15) is 6.04 Å². The Morgan fingerprint density at radius 2 is 2.00 bits per heavy atom. The van der Waals surface area contributed by atoms with Gasteiger partial charge in [-0.25, -0.2) is 9.59 Å². The number of aliphatic carboxylic acids is 1. The summed E-state index contributed by atoms with van der Waals surface area (Å²) in [6.07, 6.45) is 9.09. The topological polar surface area (TPSA) is 78.4 Å². The van der Waals surface area contributed by atoms with E-state index >= 15 is 0 Å². The summed E-state index contributed by atoms with van der Waals surface area (Å²) in [5.41, 5.74) is 0. The first-order chi connectivity index (χ1) is 9.13. The molecule has 0 heterocycles. The molecule has 0 aromatic heterocycles. The van der Waals surface area contributed by atoms with Gasteiger partial charge >= 0.3 is 12.0 Å². The van der Waals surface area contributed by atoms with E-state index in [9.17, 15) is 9.59 Å². The summed E-state index contributed by atoms with van der Waals surface area (Å²) < 4.78 is 0. The first kappa shape index (κ1) is 15.5. The van der Waals surface area contributed by atoms with E-state index in [0.29, 0.717) is 12.5 Å². The maximum Gasteiger partial charge on any atom is 0.326 e. The fourth-order valence-corrected chi connectivity index (χ4v) is 2.46. The van der Waals surface area contributed by atoms with Gasteiger partial charge in [-0.15, -0.1) is 6.58 Å². The van der Waals surface area contributed by atoms with E-state index < -0.39 is 18.0 Å². The van der Waals surface area contributed by atoms with E-state index in [1.54, 1.807) is 0 Å². The summed E-state index contributed by atoms with van der Waals surface area (Å²) in [4.78, 5) is 22.4. The van der Waals surface area contributed by atoms with Crippen molar-refractivity contribution < 1.29 is 14.7 Å². The second kappa shape index (κ2) is 8.56. The molecule has 0 spiro atoms. The van der Waals surface area contributed by atoms with Crippen molar-refractivity contribution in [3.63, 3.8) is 0 Å². The number of carboxylic acids is 1. The molecule has 0 radical (unpaired) electrons. The van der Waals surface area contributed by atoms with Crippen molar-refractivity contribution in [3.05, 3.63) is 12.7 Å². The van der Waals surface area contributed by atoms with E-state index in [4.69, 9.17) is 5.11 Å². The van der Waals surface area contributed by atoms with Gasteiger partial charge in [0.05, 0.1) is 0 Å². The van der Waals surface area contributed by atoms with Crippen LogP contribution in [0.1, 0.15) is 44.9 Å². The number of carboxylic acid groups (broad SMARTS) is 1. The summed E-state index contributed by atoms with van der Waals surface area (Å²) >= 11 is 0. The van der Waals surface area contributed by atoms with Gasteiger partial charge in [0.15, 0.2) is 0 Å². The molecule has 1 aliphatic rings. The van der Waals surface area contributed by atoms with Gasteiger partial charge in [0.2, 0.25) is 0 Å². The first-order valence-electron chi connectivity index (χ1n) is 7.01. The Kier molecular flexibility index (Phi) is 7.00. The van der Waals surface area contributed by atoms with Crippen LogP contribution in [0.3, 0.4) is 0 Å². The fraction of sp³-hybridized carbons (Fsp3) is 0.714. The number of carbonyl (C=O) groups is 2. The number of hydrogen-bond donors (Lipinski definition) is 3. The lowest BCUT2D eigenvalue weighted by Gasteiger charge is -2.21. The Balaban J connectivity index is 2.18. The van der Waals surface area contributed by atoms with Gasteiger partial charge in [-0.05, 0) is 18.8 Å². The zero-order chi connectivity index (χ0) is 14.1. The molecule has 0 aromatic carbocycles. The summed E-state index contributed by atoms with van der Waals surface area (Å²) in [7, 11) is 0. The van der Waals surface area contributed by atoms with Crippen molar-refractivity contribution in [3.8, 4) is 0 Å². The van der Waals surface area contributed by atoms with E-state index in [1.165, 1.54) is 38.2 Å². The summed E-state index contributed by atoms with van der Waals surface area (Å²) in [6.45, 7) is 4.09. The molecule has 3 N–H and O–H groups in total. The average molecular weight is 268 g/mol. The van der Waals surface area contributed by atoms with Crippen molar-refractivity contribution in [2.24, 2.45) is 5.92 Å². The lowest BCUT2D eigenvalue weighted by Crippen LogP contribution is -2.46. The van der Waals surface area contributed by atoms with E-state index in [0.717, 1.165) is 6.42 Å². The second-order valence-corrected chi connectivity index (χ2v) is 5.11. The minimum Gasteiger partial charge on any atom is -0.480 e. The molecule has 108 valence electrons. The minimum atomic E-state index is -1.04. The van der Waals surface area contributed by atoms with Crippen LogP contribution in [-0.2, 0) is 4.79 Å². The Hall–Kier alpha value is -1.52. The largest absolute Gasteiger partial charge is 0.480 e.